The Bertz CT molecular complexity index is 550. The maximum Gasteiger partial charge on any atom is 0.126 e. The third-order valence-electron chi connectivity index (χ3n) is 3.89. The minimum absolute atomic E-state index is 0.138. The second-order valence-corrected chi connectivity index (χ2v) is 5.61. The van der Waals surface area contributed by atoms with Crippen LogP contribution in [0.1, 0.15) is 44.6 Å². The van der Waals surface area contributed by atoms with Crippen molar-refractivity contribution in [2.45, 2.75) is 51.5 Å². The van der Waals surface area contributed by atoms with E-state index in [0.717, 1.165) is 29.2 Å². The lowest BCUT2D eigenvalue weighted by atomic mass is 9.97. The van der Waals surface area contributed by atoms with E-state index in [1.807, 2.05) is 30.3 Å². The molecule has 2 aromatic rings. The number of phenols is 1. The van der Waals surface area contributed by atoms with Crippen LogP contribution in [0, 0.1) is 0 Å². The van der Waals surface area contributed by atoms with Crippen molar-refractivity contribution in [3.05, 3.63) is 42.0 Å². The summed E-state index contributed by atoms with van der Waals surface area (Å²) in [5.74, 6) is 0.395. The van der Waals surface area contributed by atoms with Crippen molar-refractivity contribution in [2.24, 2.45) is 5.73 Å². The number of hydrogen-bond donors (Lipinski definition) is 2. The maximum atomic E-state index is 10.4. The van der Waals surface area contributed by atoms with E-state index in [1.54, 1.807) is 0 Å². The first-order chi connectivity index (χ1) is 9.72. The molecule has 0 spiro atoms. The van der Waals surface area contributed by atoms with Crippen LogP contribution >= 0.6 is 0 Å². The molecule has 0 fully saturated rings. The van der Waals surface area contributed by atoms with Crippen LogP contribution in [0.2, 0.25) is 0 Å². The quantitative estimate of drug-likeness (QED) is 0.734. The van der Waals surface area contributed by atoms with Crippen LogP contribution in [0.3, 0.4) is 0 Å². The predicted molar refractivity (Wildman–Crippen MR) is 86.1 cm³/mol. The van der Waals surface area contributed by atoms with Gasteiger partial charge >= 0.3 is 0 Å². The Hall–Kier alpha value is -1.54. The summed E-state index contributed by atoms with van der Waals surface area (Å²) in [5, 5.41) is 12.3. The smallest absolute Gasteiger partial charge is 0.126 e. The highest BCUT2D eigenvalue weighted by molar-refractivity contribution is 5.89. The molecule has 20 heavy (non-hydrogen) atoms. The fourth-order valence-corrected chi connectivity index (χ4v) is 2.68. The lowest BCUT2D eigenvalue weighted by molar-refractivity contribution is 0.467. The molecule has 0 saturated heterocycles. The largest absolute Gasteiger partial charge is 0.507 e. The van der Waals surface area contributed by atoms with Crippen molar-refractivity contribution >= 4 is 10.8 Å². The van der Waals surface area contributed by atoms with Crippen LogP contribution in [0.5, 0.6) is 5.75 Å². The van der Waals surface area contributed by atoms with Gasteiger partial charge in [-0.3, -0.25) is 0 Å². The first-order valence-electron chi connectivity index (χ1n) is 7.67. The molecule has 1 atom stereocenters. The average molecular weight is 271 g/mol. The zero-order valence-electron chi connectivity index (χ0n) is 12.3. The molecule has 0 aliphatic carbocycles. The third kappa shape index (κ3) is 3.73. The second-order valence-electron chi connectivity index (χ2n) is 5.61. The third-order valence-corrected chi connectivity index (χ3v) is 3.89. The minimum Gasteiger partial charge on any atom is -0.507 e. The van der Waals surface area contributed by atoms with Gasteiger partial charge in [0.05, 0.1) is 0 Å². The fraction of sp³-hybridized carbons (Fsp3) is 0.444. The molecule has 0 heterocycles. The van der Waals surface area contributed by atoms with E-state index in [9.17, 15) is 5.11 Å². The standard InChI is InChI=1S/C18H25NO/c1-2-3-4-5-9-16(19)13-15-12-11-14-8-6-7-10-17(14)18(15)20/h6-8,10-12,16,20H,2-5,9,13,19H2,1H3. The molecule has 2 rings (SSSR count). The molecule has 0 saturated carbocycles. The maximum absolute atomic E-state index is 10.4. The molecule has 0 amide bonds. The summed E-state index contributed by atoms with van der Waals surface area (Å²) in [6.07, 6.45) is 6.76. The average Bonchev–Trinajstić information content (AvgIpc) is 2.47. The van der Waals surface area contributed by atoms with Gasteiger partial charge in [-0.2, -0.15) is 0 Å². The number of phenolic OH excluding ortho intramolecular Hbond substituents is 1. The Morgan fingerprint density at radius 3 is 2.65 bits per heavy atom. The number of rotatable bonds is 7. The first-order valence-corrected chi connectivity index (χ1v) is 7.67. The summed E-state index contributed by atoms with van der Waals surface area (Å²) in [4.78, 5) is 0. The van der Waals surface area contributed by atoms with Crippen molar-refractivity contribution in [3.8, 4) is 5.75 Å². The van der Waals surface area contributed by atoms with E-state index in [2.05, 4.69) is 13.0 Å². The molecule has 0 bridgehead atoms. The highest BCUT2D eigenvalue weighted by Gasteiger charge is 2.10. The molecule has 3 N–H and O–H groups in total. The van der Waals surface area contributed by atoms with Crippen molar-refractivity contribution in [3.63, 3.8) is 0 Å². The van der Waals surface area contributed by atoms with Gasteiger partial charge in [0.1, 0.15) is 5.75 Å². The van der Waals surface area contributed by atoms with E-state index in [4.69, 9.17) is 5.73 Å². The number of aromatic hydroxyl groups is 1. The molecule has 0 radical (unpaired) electrons. The Kier molecular flexibility index (Phi) is 5.42. The number of unbranched alkanes of at least 4 members (excludes halogenated alkanes) is 3. The number of nitrogens with two attached hydrogens (primary N) is 1. The van der Waals surface area contributed by atoms with Crippen molar-refractivity contribution in [1.29, 1.82) is 0 Å². The summed E-state index contributed by atoms with van der Waals surface area (Å²) in [7, 11) is 0. The molecule has 2 nitrogen and oxygen atoms in total. The summed E-state index contributed by atoms with van der Waals surface area (Å²) >= 11 is 0. The SMILES string of the molecule is CCCCCCC(N)Cc1ccc2ccccc2c1O. The second kappa shape index (κ2) is 7.30. The predicted octanol–water partition coefficient (Wildman–Crippen LogP) is 4.39. The lowest BCUT2D eigenvalue weighted by Gasteiger charge is -2.14. The van der Waals surface area contributed by atoms with Crippen molar-refractivity contribution in [1.82, 2.24) is 0 Å². The van der Waals surface area contributed by atoms with E-state index in [-0.39, 0.29) is 6.04 Å². The topological polar surface area (TPSA) is 46.2 Å². The van der Waals surface area contributed by atoms with E-state index < -0.39 is 0 Å². The molecule has 2 heteroatoms. The van der Waals surface area contributed by atoms with Gasteiger partial charge in [-0.1, -0.05) is 69.0 Å². The zero-order valence-corrected chi connectivity index (χ0v) is 12.3. The van der Waals surface area contributed by atoms with Crippen LogP contribution in [0.25, 0.3) is 10.8 Å². The highest BCUT2D eigenvalue weighted by atomic mass is 16.3. The van der Waals surface area contributed by atoms with Gasteiger partial charge in [-0.15, -0.1) is 0 Å². The van der Waals surface area contributed by atoms with Gasteiger partial charge in [0.25, 0.3) is 0 Å². The Labute approximate surface area is 121 Å². The molecule has 2 aromatic carbocycles. The van der Waals surface area contributed by atoms with Crippen molar-refractivity contribution in [2.75, 3.05) is 0 Å². The summed E-state index contributed by atoms with van der Waals surface area (Å²) in [6.45, 7) is 2.22. The molecular formula is C18H25NO. The Balaban J connectivity index is 2.00. The number of benzene rings is 2. The number of fused-ring (bicyclic) bond motifs is 1. The number of hydrogen-bond acceptors (Lipinski definition) is 2. The first kappa shape index (κ1) is 14.9. The summed E-state index contributed by atoms with van der Waals surface area (Å²) in [6, 6.07) is 12.1. The van der Waals surface area contributed by atoms with Crippen LogP contribution in [0.15, 0.2) is 36.4 Å². The van der Waals surface area contributed by atoms with E-state index >= 15 is 0 Å². The van der Waals surface area contributed by atoms with Gasteiger partial charge in [0, 0.05) is 11.4 Å². The summed E-state index contributed by atoms with van der Waals surface area (Å²) < 4.78 is 0. The van der Waals surface area contributed by atoms with Gasteiger partial charge in [0.15, 0.2) is 0 Å². The van der Waals surface area contributed by atoms with Gasteiger partial charge in [-0.25, -0.2) is 0 Å². The molecule has 0 aromatic heterocycles. The van der Waals surface area contributed by atoms with Crippen LogP contribution in [0.4, 0.5) is 0 Å². The fourth-order valence-electron chi connectivity index (χ4n) is 2.68. The molecule has 108 valence electrons. The Morgan fingerprint density at radius 2 is 1.85 bits per heavy atom. The van der Waals surface area contributed by atoms with Gasteiger partial charge in [0.2, 0.25) is 0 Å². The molecule has 1 unspecified atom stereocenters. The van der Waals surface area contributed by atoms with Gasteiger partial charge < -0.3 is 10.8 Å². The van der Waals surface area contributed by atoms with Crippen molar-refractivity contribution < 1.29 is 5.11 Å². The van der Waals surface area contributed by atoms with Crippen LogP contribution in [-0.2, 0) is 6.42 Å². The highest BCUT2D eigenvalue weighted by Crippen LogP contribution is 2.29. The Morgan fingerprint density at radius 1 is 1.05 bits per heavy atom. The molecular weight excluding hydrogens is 246 g/mol. The van der Waals surface area contributed by atoms with E-state index in [0.29, 0.717) is 5.75 Å². The van der Waals surface area contributed by atoms with Crippen LogP contribution in [-0.4, -0.2) is 11.1 Å². The zero-order chi connectivity index (χ0) is 14.4. The summed E-state index contributed by atoms with van der Waals surface area (Å²) in [5.41, 5.74) is 7.15. The molecule has 0 aliphatic heterocycles. The molecule has 0 aliphatic rings. The minimum atomic E-state index is 0.138. The van der Waals surface area contributed by atoms with E-state index in [1.165, 1.54) is 25.7 Å². The monoisotopic (exact) mass is 271 g/mol. The normalized spacial score (nSPS) is 12.7. The van der Waals surface area contributed by atoms with Gasteiger partial charge in [-0.05, 0) is 23.8 Å². The lowest BCUT2D eigenvalue weighted by Crippen LogP contribution is -2.22. The van der Waals surface area contributed by atoms with Crippen LogP contribution < -0.4 is 5.73 Å².